The summed E-state index contributed by atoms with van der Waals surface area (Å²) in [5.74, 6) is -0.00606. The van der Waals surface area contributed by atoms with Crippen LogP contribution >= 0.6 is 0 Å². The molecule has 3 heteroatoms. The molecule has 0 saturated carbocycles. The molecular weight excluding hydrogens is 178 g/mol. The molecule has 1 amide bonds. The number of likely N-dealkylation sites (N-methyl/N-ethyl adjacent to an activating group) is 1. The normalized spacial score (nSPS) is 13.8. The molecule has 0 spiro atoms. The van der Waals surface area contributed by atoms with Crippen LogP contribution in [0.5, 0.6) is 0 Å². The monoisotopic (exact) mass is 201 g/mol. The molecule has 0 aromatic heterocycles. The number of rotatable bonds is 5. The molecule has 0 aliphatic carbocycles. The predicted octanol–water partition coefficient (Wildman–Crippen LogP) is 1.96. The first-order valence-electron chi connectivity index (χ1n) is 5.32. The zero-order valence-corrected chi connectivity index (χ0v) is 10.0. The van der Waals surface area contributed by atoms with Gasteiger partial charge in [-0.1, -0.05) is 27.7 Å². The zero-order chi connectivity index (χ0) is 11.2. The topological polar surface area (TPSA) is 38.3 Å². The van der Waals surface area contributed by atoms with Gasteiger partial charge in [0.2, 0.25) is 5.91 Å². The van der Waals surface area contributed by atoms with E-state index in [-0.39, 0.29) is 17.4 Å². The highest BCUT2D eigenvalue weighted by Crippen LogP contribution is 2.22. The Morgan fingerprint density at radius 3 is 2.29 bits per heavy atom. The summed E-state index contributed by atoms with van der Waals surface area (Å²) in [6.45, 7) is 11.3. The van der Waals surface area contributed by atoms with Gasteiger partial charge in [0.25, 0.3) is 0 Å². The van der Waals surface area contributed by atoms with Gasteiger partial charge in [-0.2, -0.15) is 0 Å². The van der Waals surface area contributed by atoms with Crippen LogP contribution in [-0.2, 0) is 9.53 Å². The van der Waals surface area contributed by atoms with Crippen LogP contribution in [0.4, 0.5) is 0 Å². The van der Waals surface area contributed by atoms with Crippen molar-refractivity contribution in [3.8, 4) is 0 Å². The van der Waals surface area contributed by atoms with Crippen LogP contribution in [0.25, 0.3) is 0 Å². The average molecular weight is 201 g/mol. The molecule has 84 valence electrons. The Hall–Kier alpha value is -0.570. The van der Waals surface area contributed by atoms with Crippen LogP contribution in [0.3, 0.4) is 0 Å². The minimum atomic E-state index is -0.345. The van der Waals surface area contributed by atoms with Gasteiger partial charge in [0.15, 0.2) is 0 Å². The van der Waals surface area contributed by atoms with Crippen molar-refractivity contribution < 1.29 is 9.53 Å². The first kappa shape index (κ1) is 13.4. The molecule has 0 heterocycles. The largest absolute Gasteiger partial charge is 0.368 e. The molecule has 14 heavy (non-hydrogen) atoms. The van der Waals surface area contributed by atoms with E-state index in [4.69, 9.17) is 4.74 Å². The van der Waals surface area contributed by atoms with Crippen LogP contribution < -0.4 is 5.32 Å². The Morgan fingerprint density at radius 2 is 1.93 bits per heavy atom. The van der Waals surface area contributed by atoms with E-state index in [1.807, 2.05) is 34.6 Å². The standard InChI is InChI=1S/C11H23NO2/c1-6-8-14-9(11(3,4)5)10(13)12-7-2/h9H,6-8H2,1-5H3,(H,12,13). The van der Waals surface area contributed by atoms with Crippen LogP contribution in [0.15, 0.2) is 0 Å². The van der Waals surface area contributed by atoms with Crippen LogP contribution in [0.2, 0.25) is 0 Å². The van der Waals surface area contributed by atoms with E-state index in [9.17, 15) is 4.79 Å². The van der Waals surface area contributed by atoms with Crippen molar-refractivity contribution in [2.24, 2.45) is 5.41 Å². The number of nitrogens with one attached hydrogen (secondary N) is 1. The van der Waals surface area contributed by atoms with Gasteiger partial charge in [-0.05, 0) is 18.8 Å². The van der Waals surface area contributed by atoms with Gasteiger partial charge in [-0.15, -0.1) is 0 Å². The summed E-state index contributed by atoms with van der Waals surface area (Å²) in [7, 11) is 0. The van der Waals surface area contributed by atoms with Gasteiger partial charge >= 0.3 is 0 Å². The number of carbonyl (C=O) groups excluding carboxylic acids is 1. The molecule has 1 atom stereocenters. The summed E-state index contributed by atoms with van der Waals surface area (Å²) in [5.41, 5.74) is -0.144. The number of ether oxygens (including phenoxy) is 1. The highest BCUT2D eigenvalue weighted by Gasteiger charge is 2.31. The molecule has 0 radical (unpaired) electrons. The third-order valence-electron chi connectivity index (χ3n) is 1.86. The van der Waals surface area contributed by atoms with Gasteiger partial charge in [0.05, 0.1) is 0 Å². The minimum absolute atomic E-state index is 0.00606. The van der Waals surface area contributed by atoms with Gasteiger partial charge in [0, 0.05) is 13.2 Å². The van der Waals surface area contributed by atoms with E-state index in [0.717, 1.165) is 6.42 Å². The summed E-state index contributed by atoms with van der Waals surface area (Å²) < 4.78 is 5.56. The molecule has 1 N–H and O–H groups in total. The van der Waals surface area contributed by atoms with Crippen molar-refractivity contribution in [1.82, 2.24) is 5.32 Å². The molecular formula is C11H23NO2. The van der Waals surface area contributed by atoms with Crippen molar-refractivity contribution in [3.63, 3.8) is 0 Å². The fourth-order valence-electron chi connectivity index (χ4n) is 1.22. The first-order chi connectivity index (χ1) is 6.43. The predicted molar refractivity (Wildman–Crippen MR) is 58.2 cm³/mol. The number of hydrogen-bond acceptors (Lipinski definition) is 2. The second-order valence-electron chi connectivity index (χ2n) is 4.51. The molecule has 0 saturated heterocycles. The van der Waals surface area contributed by atoms with Crippen molar-refractivity contribution in [3.05, 3.63) is 0 Å². The lowest BCUT2D eigenvalue weighted by Gasteiger charge is -2.29. The molecule has 0 aromatic rings. The first-order valence-corrected chi connectivity index (χ1v) is 5.32. The number of amides is 1. The summed E-state index contributed by atoms with van der Waals surface area (Å²) in [6, 6.07) is 0. The zero-order valence-electron chi connectivity index (χ0n) is 10.0. The Morgan fingerprint density at radius 1 is 1.36 bits per heavy atom. The highest BCUT2D eigenvalue weighted by molar-refractivity contribution is 5.81. The maximum Gasteiger partial charge on any atom is 0.249 e. The molecule has 0 aromatic carbocycles. The van der Waals surface area contributed by atoms with Gasteiger partial charge in [-0.25, -0.2) is 0 Å². The SMILES string of the molecule is CCCOC(C(=O)NCC)C(C)(C)C. The van der Waals surface area contributed by atoms with Crippen molar-refractivity contribution in [1.29, 1.82) is 0 Å². The third-order valence-corrected chi connectivity index (χ3v) is 1.86. The second-order valence-corrected chi connectivity index (χ2v) is 4.51. The Bertz CT molecular complexity index is 173. The quantitative estimate of drug-likeness (QED) is 0.738. The minimum Gasteiger partial charge on any atom is -0.368 e. The summed E-state index contributed by atoms with van der Waals surface area (Å²) >= 11 is 0. The lowest BCUT2D eigenvalue weighted by atomic mass is 9.88. The maximum atomic E-state index is 11.7. The van der Waals surface area contributed by atoms with E-state index < -0.39 is 0 Å². The van der Waals surface area contributed by atoms with E-state index >= 15 is 0 Å². The van der Waals surface area contributed by atoms with Crippen LogP contribution in [0.1, 0.15) is 41.0 Å². The van der Waals surface area contributed by atoms with Crippen molar-refractivity contribution in [2.45, 2.75) is 47.1 Å². The Balaban J connectivity index is 4.31. The van der Waals surface area contributed by atoms with E-state index in [1.54, 1.807) is 0 Å². The lowest BCUT2D eigenvalue weighted by molar-refractivity contribution is -0.140. The van der Waals surface area contributed by atoms with Crippen molar-refractivity contribution in [2.75, 3.05) is 13.2 Å². The van der Waals surface area contributed by atoms with Gasteiger partial charge < -0.3 is 10.1 Å². The maximum absolute atomic E-state index is 11.7. The molecule has 0 fully saturated rings. The average Bonchev–Trinajstić information content (AvgIpc) is 2.03. The van der Waals surface area contributed by atoms with E-state index in [2.05, 4.69) is 5.32 Å². The number of hydrogen-bond donors (Lipinski definition) is 1. The Kier molecular flexibility index (Phi) is 5.77. The van der Waals surface area contributed by atoms with Crippen LogP contribution in [-0.4, -0.2) is 25.2 Å². The van der Waals surface area contributed by atoms with Crippen LogP contribution in [0, 0.1) is 5.41 Å². The Labute approximate surface area is 87.2 Å². The summed E-state index contributed by atoms with van der Waals surface area (Å²) in [6.07, 6.45) is 0.591. The molecule has 1 unspecified atom stereocenters. The molecule has 3 nitrogen and oxygen atoms in total. The molecule has 0 aliphatic heterocycles. The summed E-state index contributed by atoms with van der Waals surface area (Å²) in [4.78, 5) is 11.7. The number of carbonyl (C=O) groups is 1. The fraction of sp³-hybridized carbons (Fsp3) is 0.909. The molecule has 0 bridgehead atoms. The van der Waals surface area contributed by atoms with Crippen molar-refractivity contribution >= 4 is 5.91 Å². The highest BCUT2D eigenvalue weighted by atomic mass is 16.5. The van der Waals surface area contributed by atoms with Gasteiger partial charge in [-0.3, -0.25) is 4.79 Å². The molecule has 0 aliphatic rings. The third kappa shape index (κ3) is 4.61. The fourth-order valence-corrected chi connectivity index (χ4v) is 1.22. The van der Waals surface area contributed by atoms with Gasteiger partial charge in [0.1, 0.15) is 6.10 Å². The smallest absolute Gasteiger partial charge is 0.249 e. The summed E-state index contributed by atoms with van der Waals surface area (Å²) in [5, 5.41) is 2.80. The lowest BCUT2D eigenvalue weighted by Crippen LogP contribution is -2.44. The second kappa shape index (κ2) is 6.02. The van der Waals surface area contributed by atoms with E-state index in [0.29, 0.717) is 13.2 Å². The van der Waals surface area contributed by atoms with E-state index in [1.165, 1.54) is 0 Å². The molecule has 0 rings (SSSR count).